The fourth-order valence-corrected chi connectivity index (χ4v) is 3.64. The molecule has 1 N–H and O–H groups in total. The third-order valence-electron chi connectivity index (χ3n) is 5.42. The Hall–Kier alpha value is -2.61. The number of nitrogens with zero attached hydrogens (tertiary/aromatic N) is 2. The van der Waals surface area contributed by atoms with Crippen LogP contribution in [-0.4, -0.2) is 67.1 Å². The van der Waals surface area contributed by atoms with Gasteiger partial charge in [0.1, 0.15) is 17.8 Å². The van der Waals surface area contributed by atoms with Crippen LogP contribution in [0, 0.1) is 0 Å². The first-order chi connectivity index (χ1) is 13.4. The molecule has 0 aromatic heterocycles. The molecule has 8 nitrogen and oxygen atoms in total. The Morgan fingerprint density at radius 1 is 1.36 bits per heavy atom. The molecule has 1 aromatic rings. The summed E-state index contributed by atoms with van der Waals surface area (Å²) in [5.41, 5.74) is -0.580. The van der Waals surface area contributed by atoms with Crippen molar-refractivity contribution in [1.82, 2.24) is 15.1 Å². The van der Waals surface area contributed by atoms with Crippen LogP contribution in [0.4, 0.5) is 4.79 Å². The Kier molecular flexibility index (Phi) is 5.88. The van der Waals surface area contributed by atoms with Gasteiger partial charge >= 0.3 is 6.03 Å². The Morgan fingerprint density at radius 2 is 2.07 bits per heavy atom. The van der Waals surface area contributed by atoms with Gasteiger partial charge in [0.15, 0.2) is 0 Å². The second-order valence-corrected chi connectivity index (χ2v) is 7.24. The quantitative estimate of drug-likeness (QED) is 0.714. The maximum atomic E-state index is 13.0. The maximum absolute atomic E-state index is 13.0. The summed E-state index contributed by atoms with van der Waals surface area (Å²) in [5.74, 6) is -0.0476. The fourth-order valence-electron chi connectivity index (χ4n) is 3.64. The largest absolute Gasteiger partial charge is 0.497 e. The van der Waals surface area contributed by atoms with Gasteiger partial charge in [-0.25, -0.2) is 4.79 Å². The standard InChI is InChI=1S/C20H27N3O5/c1-4-22(12-16-6-5-11-28-16)17(24)13-23-18(25)20(2,21-19(23)26)14-7-9-15(27-3)10-8-14/h7-10,16H,4-6,11-13H2,1-3H3,(H,21,26). The van der Waals surface area contributed by atoms with E-state index in [-0.39, 0.29) is 18.6 Å². The third kappa shape index (κ3) is 3.82. The van der Waals surface area contributed by atoms with Gasteiger partial charge in [-0.2, -0.15) is 0 Å². The van der Waals surface area contributed by atoms with Gasteiger partial charge in [0.25, 0.3) is 5.91 Å². The van der Waals surface area contributed by atoms with Crippen molar-refractivity contribution in [3.63, 3.8) is 0 Å². The molecular formula is C20H27N3O5. The lowest BCUT2D eigenvalue weighted by Gasteiger charge is -2.26. The van der Waals surface area contributed by atoms with E-state index in [0.717, 1.165) is 17.7 Å². The van der Waals surface area contributed by atoms with Gasteiger partial charge in [-0.05, 0) is 44.4 Å². The van der Waals surface area contributed by atoms with E-state index in [9.17, 15) is 14.4 Å². The molecule has 1 aromatic carbocycles. The zero-order valence-electron chi connectivity index (χ0n) is 16.6. The topological polar surface area (TPSA) is 88.2 Å². The van der Waals surface area contributed by atoms with E-state index in [4.69, 9.17) is 9.47 Å². The molecule has 8 heteroatoms. The Bertz CT molecular complexity index is 745. The molecule has 2 saturated heterocycles. The van der Waals surface area contributed by atoms with Crippen LogP contribution in [0.1, 0.15) is 32.3 Å². The average Bonchev–Trinajstić information content (AvgIpc) is 3.29. The third-order valence-corrected chi connectivity index (χ3v) is 5.42. The van der Waals surface area contributed by atoms with Crippen LogP contribution >= 0.6 is 0 Å². The van der Waals surface area contributed by atoms with Crippen LogP contribution in [0.15, 0.2) is 24.3 Å². The second kappa shape index (κ2) is 8.18. The summed E-state index contributed by atoms with van der Waals surface area (Å²) in [5, 5.41) is 2.72. The van der Waals surface area contributed by atoms with Crippen molar-refractivity contribution in [2.24, 2.45) is 0 Å². The minimum Gasteiger partial charge on any atom is -0.497 e. The molecule has 2 atom stereocenters. The molecule has 0 radical (unpaired) electrons. The Morgan fingerprint density at radius 3 is 2.64 bits per heavy atom. The molecule has 2 heterocycles. The summed E-state index contributed by atoms with van der Waals surface area (Å²) in [6.45, 7) is 4.93. The van der Waals surface area contributed by atoms with Gasteiger partial charge in [0.05, 0.1) is 13.2 Å². The number of hydrogen-bond acceptors (Lipinski definition) is 5. The van der Waals surface area contributed by atoms with Crippen molar-refractivity contribution in [2.45, 2.75) is 38.3 Å². The lowest BCUT2D eigenvalue weighted by atomic mass is 9.92. The highest BCUT2D eigenvalue weighted by Crippen LogP contribution is 2.30. The number of benzene rings is 1. The van der Waals surface area contributed by atoms with Crippen LogP contribution in [0.25, 0.3) is 0 Å². The number of hydrogen-bond donors (Lipinski definition) is 1. The van der Waals surface area contributed by atoms with Gasteiger partial charge in [-0.15, -0.1) is 0 Å². The highest BCUT2D eigenvalue weighted by Gasteiger charge is 2.49. The summed E-state index contributed by atoms with van der Waals surface area (Å²) in [6.07, 6.45) is 1.93. The number of urea groups is 1. The zero-order chi connectivity index (χ0) is 20.3. The molecule has 0 bridgehead atoms. The maximum Gasteiger partial charge on any atom is 0.325 e. The molecule has 2 unspecified atom stereocenters. The SMILES string of the molecule is CCN(CC1CCCO1)C(=O)CN1C(=O)NC(C)(c2ccc(OC)cc2)C1=O. The number of nitrogens with one attached hydrogen (secondary N) is 1. The average molecular weight is 389 g/mol. The van der Waals surface area contributed by atoms with Gasteiger partial charge < -0.3 is 19.7 Å². The summed E-state index contributed by atoms with van der Waals surface area (Å²) in [6, 6.07) is 6.36. The number of rotatable bonds is 7. The molecule has 4 amide bonds. The number of carbonyl (C=O) groups is 3. The number of amides is 4. The van der Waals surface area contributed by atoms with E-state index in [1.807, 2.05) is 6.92 Å². The van der Waals surface area contributed by atoms with Crippen molar-refractivity contribution >= 4 is 17.8 Å². The van der Waals surface area contributed by atoms with Crippen molar-refractivity contribution in [3.8, 4) is 5.75 Å². The summed E-state index contributed by atoms with van der Waals surface area (Å²) in [7, 11) is 1.56. The number of carbonyl (C=O) groups excluding carboxylic acids is 3. The van der Waals surface area contributed by atoms with Crippen molar-refractivity contribution in [3.05, 3.63) is 29.8 Å². The fraction of sp³-hybridized carbons (Fsp3) is 0.550. The smallest absolute Gasteiger partial charge is 0.325 e. The van der Waals surface area contributed by atoms with Crippen LogP contribution in [0.3, 0.4) is 0 Å². The molecule has 28 heavy (non-hydrogen) atoms. The summed E-state index contributed by atoms with van der Waals surface area (Å²) in [4.78, 5) is 40.8. The van der Waals surface area contributed by atoms with Gasteiger partial charge in [0.2, 0.25) is 5.91 Å². The second-order valence-electron chi connectivity index (χ2n) is 7.24. The number of methoxy groups -OCH3 is 1. The van der Waals surface area contributed by atoms with E-state index in [0.29, 0.717) is 31.0 Å². The molecule has 2 aliphatic rings. The van der Waals surface area contributed by atoms with Crippen molar-refractivity contribution in [2.75, 3.05) is 33.4 Å². The van der Waals surface area contributed by atoms with Gasteiger partial charge in [-0.3, -0.25) is 14.5 Å². The highest BCUT2D eigenvalue weighted by molar-refractivity contribution is 6.09. The minimum absolute atomic E-state index is 0.0246. The molecule has 0 saturated carbocycles. The summed E-state index contributed by atoms with van der Waals surface area (Å²) < 4.78 is 10.7. The molecule has 0 spiro atoms. The first kappa shape index (κ1) is 20.1. The molecule has 152 valence electrons. The molecule has 2 fully saturated rings. The van der Waals surface area contributed by atoms with E-state index >= 15 is 0 Å². The summed E-state index contributed by atoms with van der Waals surface area (Å²) >= 11 is 0. The minimum atomic E-state index is -1.21. The van der Waals surface area contributed by atoms with Crippen molar-refractivity contribution < 1.29 is 23.9 Å². The lowest BCUT2D eigenvalue weighted by molar-refractivity contribution is -0.139. The Balaban J connectivity index is 1.70. The van der Waals surface area contributed by atoms with E-state index < -0.39 is 17.5 Å². The normalized spacial score (nSPS) is 24.4. The monoisotopic (exact) mass is 389 g/mol. The Labute approximate surface area is 164 Å². The molecule has 0 aliphatic carbocycles. The number of imide groups is 1. The van der Waals surface area contributed by atoms with E-state index in [1.165, 1.54) is 0 Å². The predicted octanol–water partition coefficient (Wildman–Crippen LogP) is 1.49. The van der Waals surface area contributed by atoms with E-state index in [1.54, 1.807) is 43.2 Å². The van der Waals surface area contributed by atoms with Crippen LogP contribution < -0.4 is 10.1 Å². The van der Waals surface area contributed by atoms with Crippen molar-refractivity contribution in [1.29, 1.82) is 0 Å². The number of ether oxygens (including phenoxy) is 2. The lowest BCUT2D eigenvalue weighted by Crippen LogP contribution is -2.46. The molecule has 3 rings (SSSR count). The first-order valence-corrected chi connectivity index (χ1v) is 9.57. The number of likely N-dealkylation sites (N-methyl/N-ethyl adjacent to an activating group) is 1. The molecular weight excluding hydrogens is 362 g/mol. The van der Waals surface area contributed by atoms with Crippen LogP contribution in [0.5, 0.6) is 5.75 Å². The van der Waals surface area contributed by atoms with E-state index in [2.05, 4.69) is 5.32 Å². The first-order valence-electron chi connectivity index (χ1n) is 9.57. The van der Waals surface area contributed by atoms with Gasteiger partial charge in [0, 0.05) is 19.7 Å². The van der Waals surface area contributed by atoms with Crippen LogP contribution in [-0.2, 0) is 19.9 Å². The van der Waals surface area contributed by atoms with Gasteiger partial charge in [-0.1, -0.05) is 12.1 Å². The predicted molar refractivity (Wildman–Crippen MR) is 102 cm³/mol. The zero-order valence-corrected chi connectivity index (χ0v) is 16.6. The molecule has 2 aliphatic heterocycles. The van der Waals surface area contributed by atoms with Crippen LogP contribution in [0.2, 0.25) is 0 Å². The highest BCUT2D eigenvalue weighted by atomic mass is 16.5.